The second-order valence-corrected chi connectivity index (χ2v) is 17.3. The van der Waals surface area contributed by atoms with Gasteiger partial charge in [0.25, 0.3) is 0 Å². The van der Waals surface area contributed by atoms with Crippen LogP contribution in [0, 0.1) is 0 Å². The highest BCUT2D eigenvalue weighted by molar-refractivity contribution is 7.26. The summed E-state index contributed by atoms with van der Waals surface area (Å²) >= 11 is 1.89. The van der Waals surface area contributed by atoms with Gasteiger partial charge in [-0.2, -0.15) is 0 Å². The van der Waals surface area contributed by atoms with Gasteiger partial charge in [0.2, 0.25) is 0 Å². The van der Waals surface area contributed by atoms with Gasteiger partial charge in [-0.1, -0.05) is 136 Å². The second-order valence-electron chi connectivity index (χ2n) is 16.3. The van der Waals surface area contributed by atoms with E-state index >= 15 is 0 Å². The van der Waals surface area contributed by atoms with Crippen molar-refractivity contribution in [3.8, 4) is 0 Å². The Morgan fingerprint density at radius 1 is 0.404 bits per heavy atom. The van der Waals surface area contributed by atoms with E-state index in [1.165, 1.54) is 135 Å². The number of thiophene rings is 1. The minimum Gasteiger partial charge on any atom is -0.311 e. The average molecular weight is 759 g/mol. The van der Waals surface area contributed by atoms with Crippen molar-refractivity contribution in [2.75, 3.05) is 9.80 Å². The molecule has 3 heteroatoms. The summed E-state index contributed by atoms with van der Waals surface area (Å²) in [5.41, 5.74) is 11.5. The zero-order chi connectivity index (χ0) is 38.0. The van der Waals surface area contributed by atoms with Gasteiger partial charge in [-0.3, -0.25) is 0 Å². The molecule has 1 heterocycles. The summed E-state index contributed by atoms with van der Waals surface area (Å²) in [4.78, 5) is 4.87. The fourth-order valence-electron chi connectivity index (χ4n) is 10.1. The van der Waals surface area contributed by atoms with Gasteiger partial charge in [-0.15, -0.1) is 11.3 Å². The van der Waals surface area contributed by atoms with E-state index in [9.17, 15) is 0 Å². The van der Waals surface area contributed by atoms with Crippen molar-refractivity contribution in [3.63, 3.8) is 0 Å². The fraction of sp³-hybridized carbons (Fsp3) is 0.222. The van der Waals surface area contributed by atoms with Crippen LogP contribution in [0.1, 0.15) is 86.8 Å². The van der Waals surface area contributed by atoms with Gasteiger partial charge in [0.05, 0.1) is 5.69 Å². The Labute approximate surface area is 342 Å². The maximum atomic E-state index is 2.51. The third-order valence-electron chi connectivity index (χ3n) is 12.9. The normalized spacial score (nSPS) is 15.8. The molecule has 10 rings (SSSR count). The topological polar surface area (TPSA) is 6.48 Å². The summed E-state index contributed by atoms with van der Waals surface area (Å²) in [5.74, 6) is 0.685. The van der Waals surface area contributed by atoms with E-state index in [2.05, 4.69) is 186 Å². The zero-order valence-corrected chi connectivity index (χ0v) is 33.5. The molecule has 0 bridgehead atoms. The molecular weight excluding hydrogens is 709 g/mol. The Bertz CT molecular complexity index is 2520. The van der Waals surface area contributed by atoms with Crippen LogP contribution in [0.15, 0.2) is 176 Å². The van der Waals surface area contributed by atoms with Crippen molar-refractivity contribution in [2.45, 2.75) is 75.5 Å². The van der Waals surface area contributed by atoms with Crippen LogP contribution < -0.4 is 9.80 Å². The summed E-state index contributed by atoms with van der Waals surface area (Å²) in [6.07, 6.45) is 12.8. The monoisotopic (exact) mass is 758 g/mol. The van der Waals surface area contributed by atoms with Crippen LogP contribution >= 0.6 is 11.3 Å². The van der Waals surface area contributed by atoms with Gasteiger partial charge in [-0.25, -0.2) is 0 Å². The number of hydrogen-bond acceptors (Lipinski definition) is 3. The molecule has 0 aliphatic heterocycles. The highest BCUT2D eigenvalue weighted by atomic mass is 32.1. The number of rotatable bonds is 9. The van der Waals surface area contributed by atoms with Gasteiger partial charge in [-0.05, 0) is 127 Å². The third kappa shape index (κ3) is 6.83. The van der Waals surface area contributed by atoms with Crippen LogP contribution in [0.5, 0.6) is 0 Å². The highest BCUT2D eigenvalue weighted by Crippen LogP contribution is 2.49. The summed E-state index contributed by atoms with van der Waals surface area (Å²) in [7, 11) is 0. The molecule has 7 aromatic carbocycles. The maximum Gasteiger partial charge on any atom is 0.0554 e. The van der Waals surface area contributed by atoms with E-state index < -0.39 is 0 Å². The molecule has 8 aromatic rings. The minimum absolute atomic E-state index is 0.0182. The predicted octanol–water partition coefficient (Wildman–Crippen LogP) is 16.3. The van der Waals surface area contributed by atoms with Crippen LogP contribution in [-0.4, -0.2) is 0 Å². The van der Waals surface area contributed by atoms with E-state index in [0.717, 1.165) is 0 Å². The Balaban J connectivity index is 1.04. The van der Waals surface area contributed by atoms with Crippen LogP contribution in [-0.2, 0) is 5.41 Å². The lowest BCUT2D eigenvalue weighted by atomic mass is 9.65. The lowest BCUT2D eigenvalue weighted by Crippen LogP contribution is -2.30. The molecule has 0 atom stereocenters. The Morgan fingerprint density at radius 3 is 1.51 bits per heavy atom. The first kappa shape index (κ1) is 35.8. The van der Waals surface area contributed by atoms with Crippen molar-refractivity contribution in [2.24, 2.45) is 0 Å². The van der Waals surface area contributed by atoms with E-state index in [-0.39, 0.29) is 5.41 Å². The molecule has 282 valence electrons. The van der Waals surface area contributed by atoms with Crippen LogP contribution in [0.4, 0.5) is 34.1 Å². The summed E-state index contributed by atoms with van der Waals surface area (Å²) in [5, 5.41) is 2.67. The SMILES string of the molecule is c1ccc(N(c2ccccc2)c2ccc(C3(c4ccc(N(c5ccc(C6CCCCC6)cc5)c5cccc6sc7ccccc7c56)cc4)CCCCC3)cc2)cc1. The van der Waals surface area contributed by atoms with Gasteiger partial charge in [0, 0.05) is 54.0 Å². The fourth-order valence-corrected chi connectivity index (χ4v) is 11.2. The highest BCUT2D eigenvalue weighted by Gasteiger charge is 2.36. The third-order valence-corrected chi connectivity index (χ3v) is 14.1. The molecule has 0 radical (unpaired) electrons. The molecule has 0 saturated heterocycles. The molecule has 1 aromatic heterocycles. The molecule has 0 unspecified atom stereocenters. The number of nitrogens with zero attached hydrogens (tertiary/aromatic N) is 2. The van der Waals surface area contributed by atoms with Crippen molar-refractivity contribution in [3.05, 3.63) is 193 Å². The number of fused-ring (bicyclic) bond motifs is 3. The van der Waals surface area contributed by atoms with Crippen molar-refractivity contribution in [1.82, 2.24) is 0 Å². The standard InChI is InChI=1S/C54H50N2S/c1-5-16-40(17-6-1)41-26-32-47(33-27-41)56(50-23-15-25-52-53(50)49-22-11-12-24-51(49)57-52)48-36-30-43(31-37-48)54(38-13-4-14-39-54)42-28-34-46(35-29-42)55(44-18-7-2-8-19-44)45-20-9-3-10-21-45/h2-3,7-12,15,18-37,40H,1,4-6,13-14,16-17,38-39H2. The molecule has 2 aliphatic rings. The van der Waals surface area contributed by atoms with Gasteiger partial charge < -0.3 is 9.80 Å². The molecule has 0 amide bonds. The molecule has 57 heavy (non-hydrogen) atoms. The maximum absolute atomic E-state index is 2.51. The van der Waals surface area contributed by atoms with E-state index in [1.54, 1.807) is 0 Å². The van der Waals surface area contributed by atoms with Crippen molar-refractivity contribution in [1.29, 1.82) is 0 Å². The predicted molar refractivity (Wildman–Crippen MR) is 245 cm³/mol. The molecule has 0 N–H and O–H groups in total. The summed E-state index contributed by atoms with van der Waals surface area (Å²) in [6.45, 7) is 0. The second kappa shape index (κ2) is 15.7. The lowest BCUT2D eigenvalue weighted by Gasteiger charge is -2.39. The van der Waals surface area contributed by atoms with Crippen LogP contribution in [0.3, 0.4) is 0 Å². The zero-order valence-electron chi connectivity index (χ0n) is 32.7. The number of benzene rings is 7. The summed E-state index contributed by atoms with van der Waals surface area (Å²) < 4.78 is 2.67. The first-order valence-electron chi connectivity index (χ1n) is 21.2. The first-order valence-corrected chi connectivity index (χ1v) is 22.0. The quantitative estimate of drug-likeness (QED) is 0.145. The van der Waals surface area contributed by atoms with E-state index in [1.807, 2.05) is 11.3 Å². The summed E-state index contributed by atoms with van der Waals surface area (Å²) in [6, 6.07) is 66.0. The lowest BCUT2D eigenvalue weighted by molar-refractivity contribution is 0.346. The van der Waals surface area contributed by atoms with Crippen molar-refractivity contribution < 1.29 is 0 Å². The van der Waals surface area contributed by atoms with Gasteiger partial charge in [0.15, 0.2) is 0 Å². The molecule has 0 spiro atoms. The van der Waals surface area contributed by atoms with E-state index in [4.69, 9.17) is 0 Å². The largest absolute Gasteiger partial charge is 0.311 e. The number of para-hydroxylation sites is 2. The van der Waals surface area contributed by atoms with E-state index in [0.29, 0.717) is 5.92 Å². The Kier molecular flexibility index (Phi) is 9.86. The average Bonchev–Trinajstić information content (AvgIpc) is 3.68. The molecule has 2 fully saturated rings. The molecule has 2 nitrogen and oxygen atoms in total. The Hall–Kier alpha value is -5.64. The van der Waals surface area contributed by atoms with Gasteiger partial charge in [0.1, 0.15) is 0 Å². The minimum atomic E-state index is -0.0182. The van der Waals surface area contributed by atoms with Crippen LogP contribution in [0.25, 0.3) is 20.2 Å². The molecule has 2 saturated carbocycles. The molecular formula is C54H50N2S. The Morgan fingerprint density at radius 2 is 0.895 bits per heavy atom. The smallest absolute Gasteiger partial charge is 0.0554 e. The van der Waals surface area contributed by atoms with Crippen LogP contribution in [0.2, 0.25) is 0 Å². The van der Waals surface area contributed by atoms with Gasteiger partial charge >= 0.3 is 0 Å². The number of anilines is 6. The number of hydrogen-bond donors (Lipinski definition) is 0. The molecule has 2 aliphatic carbocycles. The first-order chi connectivity index (χ1) is 28.2. The van der Waals surface area contributed by atoms with Crippen molar-refractivity contribution >= 4 is 65.6 Å².